The summed E-state index contributed by atoms with van der Waals surface area (Å²) in [5.74, 6) is 0. The molecule has 0 N–H and O–H groups in total. The second-order valence-corrected chi connectivity index (χ2v) is 6.28. The van der Waals surface area contributed by atoms with Gasteiger partial charge in [0.2, 0.25) is 0 Å². The number of fused-ring (bicyclic) bond motifs is 1. The van der Waals surface area contributed by atoms with E-state index in [1.807, 2.05) is 39.0 Å². The SMILES string of the molecule is CC(C)(C)OC(=O)N1CCOCc2c(Br)cccc21. The van der Waals surface area contributed by atoms with Crippen LogP contribution >= 0.6 is 15.9 Å². The van der Waals surface area contributed by atoms with Crippen LogP contribution in [-0.4, -0.2) is 24.8 Å². The van der Waals surface area contributed by atoms with Gasteiger partial charge < -0.3 is 9.47 Å². The van der Waals surface area contributed by atoms with Crippen molar-refractivity contribution in [2.24, 2.45) is 0 Å². The summed E-state index contributed by atoms with van der Waals surface area (Å²) in [6.07, 6.45) is -0.336. The van der Waals surface area contributed by atoms with Gasteiger partial charge in [-0.2, -0.15) is 0 Å². The lowest BCUT2D eigenvalue weighted by Crippen LogP contribution is -2.38. The minimum atomic E-state index is -0.504. The van der Waals surface area contributed by atoms with E-state index in [4.69, 9.17) is 9.47 Å². The molecule has 1 heterocycles. The highest BCUT2D eigenvalue weighted by atomic mass is 79.9. The Morgan fingerprint density at radius 1 is 1.42 bits per heavy atom. The van der Waals surface area contributed by atoms with Crippen molar-refractivity contribution in [3.05, 3.63) is 28.2 Å². The minimum absolute atomic E-state index is 0.336. The number of nitrogens with zero attached hydrogens (tertiary/aromatic N) is 1. The molecule has 1 aromatic rings. The van der Waals surface area contributed by atoms with Crippen molar-refractivity contribution in [2.45, 2.75) is 33.0 Å². The first-order chi connectivity index (χ1) is 8.88. The number of ether oxygens (including phenoxy) is 2. The summed E-state index contributed by atoms with van der Waals surface area (Å²) in [4.78, 5) is 13.9. The Bertz CT molecular complexity index is 482. The first-order valence-electron chi connectivity index (χ1n) is 6.24. The number of hydrogen-bond donors (Lipinski definition) is 0. The molecular weight excluding hydrogens is 310 g/mol. The number of carbonyl (C=O) groups is 1. The molecule has 4 nitrogen and oxygen atoms in total. The maximum Gasteiger partial charge on any atom is 0.414 e. The molecule has 0 unspecified atom stereocenters. The monoisotopic (exact) mass is 327 g/mol. The molecule has 5 heteroatoms. The van der Waals surface area contributed by atoms with Gasteiger partial charge in [-0.3, -0.25) is 4.90 Å². The standard InChI is InChI=1S/C14H18BrNO3/c1-14(2,3)19-13(17)16-7-8-18-9-10-11(15)5-4-6-12(10)16/h4-6H,7-9H2,1-3H3. The van der Waals surface area contributed by atoms with Gasteiger partial charge in [0.15, 0.2) is 0 Å². The van der Waals surface area contributed by atoms with Crippen LogP contribution < -0.4 is 4.90 Å². The molecule has 0 saturated carbocycles. The molecule has 1 aromatic carbocycles. The summed E-state index contributed by atoms with van der Waals surface area (Å²) in [6, 6.07) is 5.77. The average Bonchev–Trinajstić information content (AvgIpc) is 2.50. The van der Waals surface area contributed by atoms with Crippen LogP contribution in [0.1, 0.15) is 26.3 Å². The Morgan fingerprint density at radius 2 is 2.16 bits per heavy atom. The second kappa shape index (κ2) is 5.51. The number of amides is 1. The smallest absolute Gasteiger partial charge is 0.414 e. The van der Waals surface area contributed by atoms with E-state index in [2.05, 4.69) is 15.9 Å². The van der Waals surface area contributed by atoms with Crippen molar-refractivity contribution in [1.82, 2.24) is 0 Å². The molecule has 1 aliphatic rings. The second-order valence-electron chi connectivity index (χ2n) is 5.42. The lowest BCUT2D eigenvalue weighted by molar-refractivity contribution is 0.0566. The molecule has 0 aromatic heterocycles. The molecule has 1 amide bonds. The van der Waals surface area contributed by atoms with Crippen molar-refractivity contribution >= 4 is 27.7 Å². The Kier molecular flexibility index (Phi) is 4.16. The van der Waals surface area contributed by atoms with Crippen LogP contribution in [-0.2, 0) is 16.1 Å². The molecule has 19 heavy (non-hydrogen) atoms. The first-order valence-corrected chi connectivity index (χ1v) is 7.03. The van der Waals surface area contributed by atoms with Crippen LogP contribution in [0.25, 0.3) is 0 Å². The number of anilines is 1. The molecular formula is C14H18BrNO3. The fourth-order valence-corrected chi connectivity index (χ4v) is 2.37. The highest BCUT2D eigenvalue weighted by Gasteiger charge is 2.27. The van der Waals surface area contributed by atoms with Gasteiger partial charge in [0, 0.05) is 10.0 Å². The van der Waals surface area contributed by atoms with Crippen molar-refractivity contribution < 1.29 is 14.3 Å². The van der Waals surface area contributed by atoms with E-state index in [9.17, 15) is 4.79 Å². The van der Waals surface area contributed by atoms with Gasteiger partial charge in [-0.15, -0.1) is 0 Å². The van der Waals surface area contributed by atoms with Gasteiger partial charge in [-0.1, -0.05) is 22.0 Å². The molecule has 0 spiro atoms. The number of hydrogen-bond acceptors (Lipinski definition) is 3. The van der Waals surface area contributed by atoms with Crippen molar-refractivity contribution in [3.63, 3.8) is 0 Å². The summed E-state index contributed by atoms with van der Waals surface area (Å²) in [6.45, 7) is 7.08. The third-order valence-electron chi connectivity index (χ3n) is 2.70. The third kappa shape index (κ3) is 3.48. The first kappa shape index (κ1) is 14.3. The minimum Gasteiger partial charge on any atom is -0.443 e. The molecule has 2 rings (SSSR count). The zero-order valence-corrected chi connectivity index (χ0v) is 13.0. The van der Waals surface area contributed by atoms with Crippen molar-refractivity contribution in [3.8, 4) is 0 Å². The predicted molar refractivity (Wildman–Crippen MR) is 77.4 cm³/mol. The Labute approximate surface area is 121 Å². The Morgan fingerprint density at radius 3 is 2.84 bits per heavy atom. The number of benzene rings is 1. The van der Waals surface area contributed by atoms with E-state index in [0.717, 1.165) is 15.7 Å². The van der Waals surface area contributed by atoms with E-state index in [-0.39, 0.29) is 6.09 Å². The fraction of sp³-hybridized carbons (Fsp3) is 0.500. The maximum atomic E-state index is 12.3. The van der Waals surface area contributed by atoms with Gasteiger partial charge >= 0.3 is 6.09 Å². The average molecular weight is 328 g/mol. The molecule has 104 valence electrons. The molecule has 0 saturated heterocycles. The lowest BCUT2D eigenvalue weighted by Gasteiger charge is -2.27. The lowest BCUT2D eigenvalue weighted by atomic mass is 10.1. The molecule has 0 aliphatic carbocycles. The fourth-order valence-electron chi connectivity index (χ4n) is 1.90. The predicted octanol–water partition coefficient (Wildman–Crippen LogP) is 3.72. The Hall–Kier alpha value is -1.07. The van der Waals surface area contributed by atoms with Crippen LogP contribution in [0.5, 0.6) is 0 Å². The van der Waals surface area contributed by atoms with Crippen molar-refractivity contribution in [1.29, 1.82) is 0 Å². The normalized spacial score (nSPS) is 15.7. The maximum absolute atomic E-state index is 12.3. The summed E-state index contributed by atoms with van der Waals surface area (Å²) in [7, 11) is 0. The van der Waals surface area contributed by atoms with Crippen molar-refractivity contribution in [2.75, 3.05) is 18.1 Å². The Balaban J connectivity index is 2.32. The van der Waals surface area contributed by atoms with Gasteiger partial charge in [-0.05, 0) is 32.9 Å². The summed E-state index contributed by atoms with van der Waals surface area (Å²) >= 11 is 3.50. The highest BCUT2D eigenvalue weighted by molar-refractivity contribution is 9.10. The number of carbonyl (C=O) groups excluding carboxylic acids is 1. The molecule has 1 aliphatic heterocycles. The zero-order chi connectivity index (χ0) is 14.0. The van der Waals surface area contributed by atoms with Crippen LogP contribution in [0.3, 0.4) is 0 Å². The van der Waals surface area contributed by atoms with Crippen LogP contribution in [0.4, 0.5) is 10.5 Å². The number of halogens is 1. The van der Waals surface area contributed by atoms with Gasteiger partial charge in [0.25, 0.3) is 0 Å². The largest absolute Gasteiger partial charge is 0.443 e. The molecule has 0 bridgehead atoms. The molecule has 0 radical (unpaired) electrons. The van der Waals surface area contributed by atoms with E-state index in [1.54, 1.807) is 4.90 Å². The van der Waals surface area contributed by atoms with Gasteiger partial charge in [0.1, 0.15) is 5.60 Å². The van der Waals surface area contributed by atoms with Gasteiger partial charge in [0.05, 0.1) is 25.4 Å². The van der Waals surface area contributed by atoms with Crippen LogP contribution in [0.15, 0.2) is 22.7 Å². The van der Waals surface area contributed by atoms with Crippen LogP contribution in [0, 0.1) is 0 Å². The van der Waals surface area contributed by atoms with E-state index in [1.165, 1.54) is 0 Å². The zero-order valence-electron chi connectivity index (χ0n) is 11.4. The van der Waals surface area contributed by atoms with Crippen LogP contribution in [0.2, 0.25) is 0 Å². The summed E-state index contributed by atoms with van der Waals surface area (Å²) in [5, 5.41) is 0. The van der Waals surface area contributed by atoms with E-state index in [0.29, 0.717) is 19.8 Å². The summed E-state index contributed by atoms with van der Waals surface area (Å²) in [5.41, 5.74) is 1.32. The quantitative estimate of drug-likeness (QED) is 0.729. The summed E-state index contributed by atoms with van der Waals surface area (Å²) < 4.78 is 11.9. The molecule has 0 fully saturated rings. The third-order valence-corrected chi connectivity index (χ3v) is 3.45. The number of rotatable bonds is 0. The van der Waals surface area contributed by atoms with E-state index >= 15 is 0 Å². The molecule has 0 atom stereocenters. The van der Waals surface area contributed by atoms with Gasteiger partial charge in [-0.25, -0.2) is 4.79 Å². The van der Waals surface area contributed by atoms with E-state index < -0.39 is 5.60 Å². The highest BCUT2D eigenvalue weighted by Crippen LogP contribution is 2.31. The topological polar surface area (TPSA) is 38.8 Å².